The minimum atomic E-state index is 0.750. The van der Waals surface area contributed by atoms with Gasteiger partial charge in [-0.1, -0.05) is 24.1 Å². The van der Waals surface area contributed by atoms with Crippen molar-refractivity contribution in [3.05, 3.63) is 47.8 Å². The molecule has 0 amide bonds. The van der Waals surface area contributed by atoms with Crippen molar-refractivity contribution >= 4 is 11.0 Å². The average Bonchev–Trinajstić information content (AvgIpc) is 2.46. The number of benzene rings is 1. The Hall–Kier alpha value is -2.14. The van der Waals surface area contributed by atoms with Gasteiger partial charge in [0, 0.05) is 0 Å². The van der Waals surface area contributed by atoms with Crippen molar-refractivity contribution in [2.75, 3.05) is 0 Å². The van der Waals surface area contributed by atoms with E-state index in [9.17, 15) is 0 Å². The van der Waals surface area contributed by atoms with Gasteiger partial charge in [-0.2, -0.15) is 0 Å². The maximum absolute atomic E-state index is 4.50. The van der Waals surface area contributed by atoms with E-state index in [1.165, 1.54) is 18.4 Å². The molecule has 0 spiro atoms. The van der Waals surface area contributed by atoms with Gasteiger partial charge in [0.1, 0.15) is 5.69 Å². The fraction of sp³-hybridized carbons (Fsp3) is 0.250. The highest BCUT2D eigenvalue weighted by Crippen LogP contribution is 2.16. The number of hydrogen-bond donors (Lipinski definition) is 0. The van der Waals surface area contributed by atoms with Crippen LogP contribution in [0.3, 0.4) is 0 Å². The molecule has 88 valence electrons. The van der Waals surface area contributed by atoms with Crippen LogP contribution < -0.4 is 0 Å². The number of allylic oxidation sites excluding steroid dienone is 2. The fourth-order valence-corrected chi connectivity index (χ4v) is 2.11. The van der Waals surface area contributed by atoms with Crippen molar-refractivity contribution in [3.8, 4) is 11.8 Å². The molecule has 0 saturated carbocycles. The summed E-state index contributed by atoms with van der Waals surface area (Å²) in [4.78, 5) is 8.86. The Morgan fingerprint density at radius 2 is 1.89 bits per heavy atom. The second-order valence-corrected chi connectivity index (χ2v) is 4.47. The molecule has 1 aliphatic carbocycles. The minimum Gasteiger partial charge on any atom is -0.252 e. The Labute approximate surface area is 107 Å². The molecule has 0 radical (unpaired) electrons. The highest BCUT2D eigenvalue weighted by molar-refractivity contribution is 5.74. The van der Waals surface area contributed by atoms with E-state index in [2.05, 4.69) is 27.9 Å². The smallest absolute Gasteiger partial charge is 0.132 e. The summed E-state index contributed by atoms with van der Waals surface area (Å²) in [5, 5.41) is 0. The van der Waals surface area contributed by atoms with Crippen molar-refractivity contribution in [2.24, 2.45) is 0 Å². The van der Waals surface area contributed by atoms with E-state index >= 15 is 0 Å². The molecule has 0 atom stereocenters. The van der Waals surface area contributed by atoms with Crippen LogP contribution in [0.5, 0.6) is 0 Å². The summed E-state index contributed by atoms with van der Waals surface area (Å²) in [6.07, 6.45) is 8.80. The summed E-state index contributed by atoms with van der Waals surface area (Å²) in [6.45, 7) is 0. The van der Waals surface area contributed by atoms with E-state index in [1.807, 2.05) is 24.3 Å². The standard InChI is InChI=1S/C16H14N2/c1-2-6-13(7-3-1)10-11-14-12-17-15-8-4-5-9-16(15)18-14/h4-6,8-9,12H,1-3,7H2. The first-order chi connectivity index (χ1) is 8.92. The second kappa shape index (κ2) is 5.01. The van der Waals surface area contributed by atoms with Gasteiger partial charge in [0.15, 0.2) is 0 Å². The molecular formula is C16H14N2. The second-order valence-electron chi connectivity index (χ2n) is 4.47. The Balaban J connectivity index is 1.91. The highest BCUT2D eigenvalue weighted by Gasteiger charge is 2.00. The zero-order valence-electron chi connectivity index (χ0n) is 10.2. The molecular weight excluding hydrogens is 220 g/mol. The normalized spacial score (nSPS) is 14.8. The fourth-order valence-electron chi connectivity index (χ4n) is 2.11. The lowest BCUT2D eigenvalue weighted by atomic mass is 10.0. The highest BCUT2D eigenvalue weighted by atomic mass is 14.8. The first-order valence-corrected chi connectivity index (χ1v) is 6.35. The lowest BCUT2D eigenvalue weighted by Gasteiger charge is -2.05. The van der Waals surface area contributed by atoms with E-state index in [-0.39, 0.29) is 0 Å². The molecule has 2 nitrogen and oxygen atoms in total. The van der Waals surface area contributed by atoms with Crippen LogP contribution in [-0.4, -0.2) is 9.97 Å². The molecule has 0 N–H and O–H groups in total. The summed E-state index contributed by atoms with van der Waals surface area (Å²) in [5.41, 5.74) is 3.82. The van der Waals surface area contributed by atoms with Crippen LogP contribution in [0, 0.1) is 11.8 Å². The summed E-state index contributed by atoms with van der Waals surface area (Å²) in [5.74, 6) is 6.33. The predicted octanol–water partition coefficient (Wildman–Crippen LogP) is 3.48. The zero-order valence-corrected chi connectivity index (χ0v) is 10.2. The number of hydrogen-bond acceptors (Lipinski definition) is 2. The Bertz CT molecular complexity index is 659. The Morgan fingerprint density at radius 1 is 1.00 bits per heavy atom. The number of nitrogens with zero attached hydrogens (tertiary/aromatic N) is 2. The molecule has 0 saturated heterocycles. The molecule has 1 aliphatic rings. The van der Waals surface area contributed by atoms with Crippen LogP contribution in [0.15, 0.2) is 42.1 Å². The van der Waals surface area contributed by atoms with Crippen LogP contribution in [0.4, 0.5) is 0 Å². The number of aromatic nitrogens is 2. The molecule has 0 bridgehead atoms. The van der Waals surface area contributed by atoms with Gasteiger partial charge >= 0.3 is 0 Å². The molecule has 1 heterocycles. The largest absolute Gasteiger partial charge is 0.252 e. The number of rotatable bonds is 0. The van der Waals surface area contributed by atoms with E-state index in [1.54, 1.807) is 6.20 Å². The molecule has 0 aliphatic heterocycles. The van der Waals surface area contributed by atoms with Gasteiger partial charge in [-0.05, 0) is 49.3 Å². The lowest BCUT2D eigenvalue weighted by Crippen LogP contribution is -1.90. The summed E-state index contributed by atoms with van der Waals surface area (Å²) >= 11 is 0. The molecule has 0 unspecified atom stereocenters. The lowest BCUT2D eigenvalue weighted by molar-refractivity contribution is 0.715. The van der Waals surface area contributed by atoms with Gasteiger partial charge in [-0.15, -0.1) is 0 Å². The minimum absolute atomic E-state index is 0.750. The molecule has 2 aromatic rings. The molecule has 1 aromatic heterocycles. The van der Waals surface area contributed by atoms with Gasteiger partial charge in [0.25, 0.3) is 0 Å². The number of fused-ring (bicyclic) bond motifs is 1. The van der Waals surface area contributed by atoms with E-state index in [0.29, 0.717) is 0 Å². The van der Waals surface area contributed by atoms with Crippen LogP contribution >= 0.6 is 0 Å². The third kappa shape index (κ3) is 2.41. The first kappa shape index (κ1) is 11.0. The Kier molecular flexibility index (Phi) is 3.06. The van der Waals surface area contributed by atoms with Crippen LogP contribution in [-0.2, 0) is 0 Å². The first-order valence-electron chi connectivity index (χ1n) is 6.35. The third-order valence-electron chi connectivity index (χ3n) is 3.09. The van der Waals surface area contributed by atoms with E-state index in [0.717, 1.165) is 29.6 Å². The van der Waals surface area contributed by atoms with Crippen molar-refractivity contribution < 1.29 is 0 Å². The van der Waals surface area contributed by atoms with Gasteiger partial charge in [-0.25, -0.2) is 4.98 Å². The summed E-state index contributed by atoms with van der Waals surface area (Å²) in [7, 11) is 0. The van der Waals surface area contributed by atoms with Gasteiger partial charge < -0.3 is 0 Å². The maximum atomic E-state index is 4.50. The van der Waals surface area contributed by atoms with Crippen molar-refractivity contribution in [3.63, 3.8) is 0 Å². The van der Waals surface area contributed by atoms with Crippen molar-refractivity contribution in [1.29, 1.82) is 0 Å². The monoisotopic (exact) mass is 234 g/mol. The SMILES string of the molecule is C(#Cc1cnc2ccccc2n1)C1=CCCCC1. The third-order valence-corrected chi connectivity index (χ3v) is 3.09. The maximum Gasteiger partial charge on any atom is 0.132 e. The van der Waals surface area contributed by atoms with Gasteiger partial charge in [0.05, 0.1) is 17.2 Å². The van der Waals surface area contributed by atoms with Gasteiger partial charge in [0.2, 0.25) is 0 Å². The van der Waals surface area contributed by atoms with E-state index in [4.69, 9.17) is 0 Å². The predicted molar refractivity (Wildman–Crippen MR) is 73.0 cm³/mol. The van der Waals surface area contributed by atoms with Crippen molar-refractivity contribution in [2.45, 2.75) is 25.7 Å². The molecule has 1 aromatic carbocycles. The van der Waals surface area contributed by atoms with Crippen LogP contribution in [0.2, 0.25) is 0 Å². The molecule has 2 heteroatoms. The summed E-state index contributed by atoms with van der Waals surface area (Å²) < 4.78 is 0. The molecule has 18 heavy (non-hydrogen) atoms. The van der Waals surface area contributed by atoms with Crippen molar-refractivity contribution in [1.82, 2.24) is 9.97 Å². The van der Waals surface area contributed by atoms with Gasteiger partial charge in [-0.3, -0.25) is 4.98 Å². The quantitative estimate of drug-likeness (QED) is 0.652. The summed E-state index contributed by atoms with van der Waals surface area (Å²) in [6, 6.07) is 7.86. The van der Waals surface area contributed by atoms with Crippen LogP contribution in [0.25, 0.3) is 11.0 Å². The number of para-hydroxylation sites is 2. The molecule has 0 fully saturated rings. The Morgan fingerprint density at radius 3 is 2.72 bits per heavy atom. The zero-order chi connectivity index (χ0) is 12.2. The van der Waals surface area contributed by atoms with Crippen LogP contribution in [0.1, 0.15) is 31.4 Å². The molecule has 3 rings (SSSR count). The average molecular weight is 234 g/mol. The van der Waals surface area contributed by atoms with E-state index < -0.39 is 0 Å². The topological polar surface area (TPSA) is 25.8 Å².